The van der Waals surface area contributed by atoms with E-state index in [0.29, 0.717) is 5.82 Å². The lowest BCUT2D eigenvalue weighted by Gasteiger charge is -2.13. The molecule has 4 heteroatoms. The van der Waals surface area contributed by atoms with Crippen LogP contribution in [-0.4, -0.2) is 9.78 Å². The fraction of sp³-hybridized carbons (Fsp3) is 0.308. The lowest BCUT2D eigenvalue weighted by molar-refractivity contribution is 0.653. The van der Waals surface area contributed by atoms with Gasteiger partial charge in [0.05, 0.1) is 5.69 Å². The zero-order chi connectivity index (χ0) is 11.8. The molecule has 2 aromatic rings. The second-order valence-corrected chi connectivity index (χ2v) is 4.84. The Kier molecular flexibility index (Phi) is 2.56. The lowest BCUT2D eigenvalue weighted by atomic mass is 9.97. The first kappa shape index (κ1) is 10.7. The predicted octanol–water partition coefficient (Wildman–Crippen LogP) is 2.99. The fourth-order valence-corrected chi connectivity index (χ4v) is 2.55. The van der Waals surface area contributed by atoms with Gasteiger partial charge in [-0.3, -0.25) is 0 Å². The van der Waals surface area contributed by atoms with Crippen molar-refractivity contribution in [3.8, 4) is 5.69 Å². The van der Waals surface area contributed by atoms with Gasteiger partial charge in [-0.2, -0.15) is 5.10 Å². The molecule has 0 saturated heterocycles. The number of rotatable bonds is 1. The van der Waals surface area contributed by atoms with Crippen molar-refractivity contribution in [3.63, 3.8) is 0 Å². The van der Waals surface area contributed by atoms with E-state index < -0.39 is 0 Å². The predicted molar refractivity (Wildman–Crippen MR) is 69.6 cm³/mol. The molecule has 1 aliphatic carbocycles. The number of hydrogen-bond donors (Lipinski definition) is 1. The maximum Gasteiger partial charge on any atom is 0.149 e. The van der Waals surface area contributed by atoms with Crippen LogP contribution in [0.15, 0.2) is 24.3 Å². The average Bonchev–Trinajstić information content (AvgIpc) is 2.69. The van der Waals surface area contributed by atoms with Gasteiger partial charge < -0.3 is 5.73 Å². The third-order valence-corrected chi connectivity index (χ3v) is 3.53. The second-order valence-electron chi connectivity index (χ2n) is 4.41. The van der Waals surface area contributed by atoms with Crippen LogP contribution in [0.2, 0.25) is 5.02 Å². The molecule has 0 amide bonds. The summed E-state index contributed by atoms with van der Waals surface area (Å²) < 4.78 is 1.96. The number of nitrogens with zero attached hydrogens (tertiary/aromatic N) is 2. The second kappa shape index (κ2) is 4.08. The molecule has 88 valence electrons. The van der Waals surface area contributed by atoms with Crippen LogP contribution in [0.5, 0.6) is 0 Å². The summed E-state index contributed by atoms with van der Waals surface area (Å²) in [5.41, 5.74) is 9.49. The SMILES string of the molecule is Nc1nn(-c2ccc(Cl)cc2)c2c1CCCC2. The van der Waals surface area contributed by atoms with Gasteiger partial charge in [-0.25, -0.2) is 4.68 Å². The lowest BCUT2D eigenvalue weighted by Crippen LogP contribution is -2.07. The Morgan fingerprint density at radius 3 is 2.59 bits per heavy atom. The summed E-state index contributed by atoms with van der Waals surface area (Å²) in [4.78, 5) is 0. The molecule has 1 aromatic carbocycles. The number of nitrogen functional groups attached to an aromatic ring is 1. The van der Waals surface area contributed by atoms with Gasteiger partial charge in [0, 0.05) is 16.3 Å². The number of hydrogen-bond acceptors (Lipinski definition) is 2. The van der Waals surface area contributed by atoms with Crippen LogP contribution in [0.4, 0.5) is 5.82 Å². The molecule has 0 atom stereocenters. The molecule has 0 unspecified atom stereocenters. The molecule has 1 aliphatic rings. The first-order chi connectivity index (χ1) is 8.25. The van der Waals surface area contributed by atoms with E-state index in [1.165, 1.54) is 24.1 Å². The zero-order valence-electron chi connectivity index (χ0n) is 9.49. The summed E-state index contributed by atoms with van der Waals surface area (Å²) in [6.45, 7) is 0. The molecular formula is C13H14ClN3. The van der Waals surface area contributed by atoms with Gasteiger partial charge in [0.25, 0.3) is 0 Å². The highest BCUT2D eigenvalue weighted by Crippen LogP contribution is 2.28. The molecule has 1 aromatic heterocycles. The van der Waals surface area contributed by atoms with E-state index in [9.17, 15) is 0 Å². The molecule has 3 rings (SSSR count). The Morgan fingerprint density at radius 1 is 1.12 bits per heavy atom. The topological polar surface area (TPSA) is 43.8 Å². The van der Waals surface area contributed by atoms with Crippen molar-refractivity contribution in [2.45, 2.75) is 25.7 Å². The minimum absolute atomic E-state index is 0.676. The highest BCUT2D eigenvalue weighted by atomic mass is 35.5. The van der Waals surface area contributed by atoms with Crippen LogP contribution in [-0.2, 0) is 12.8 Å². The summed E-state index contributed by atoms with van der Waals surface area (Å²) in [5.74, 6) is 0.676. The van der Waals surface area contributed by atoms with Crippen molar-refractivity contribution in [3.05, 3.63) is 40.5 Å². The zero-order valence-corrected chi connectivity index (χ0v) is 10.2. The Morgan fingerprint density at radius 2 is 1.82 bits per heavy atom. The van der Waals surface area contributed by atoms with Crippen molar-refractivity contribution in [2.75, 3.05) is 5.73 Å². The molecule has 17 heavy (non-hydrogen) atoms. The van der Waals surface area contributed by atoms with Crippen molar-refractivity contribution >= 4 is 17.4 Å². The summed E-state index contributed by atoms with van der Waals surface area (Å²) in [5, 5.41) is 5.18. The maximum atomic E-state index is 5.97. The number of nitrogens with two attached hydrogens (primary N) is 1. The minimum Gasteiger partial charge on any atom is -0.382 e. The van der Waals surface area contributed by atoms with E-state index >= 15 is 0 Å². The maximum absolute atomic E-state index is 5.97. The van der Waals surface area contributed by atoms with Crippen LogP contribution in [0, 0.1) is 0 Å². The standard InChI is InChI=1S/C13H14ClN3/c14-9-5-7-10(8-6-9)17-12-4-2-1-3-11(12)13(15)16-17/h5-8H,1-4H2,(H2,15,16). The van der Waals surface area contributed by atoms with Crippen LogP contribution in [0.3, 0.4) is 0 Å². The number of fused-ring (bicyclic) bond motifs is 1. The quantitative estimate of drug-likeness (QED) is 0.842. The molecule has 0 spiro atoms. The van der Waals surface area contributed by atoms with Gasteiger partial charge in [-0.1, -0.05) is 11.6 Å². The number of aromatic nitrogens is 2. The van der Waals surface area contributed by atoms with E-state index in [-0.39, 0.29) is 0 Å². The molecule has 0 saturated carbocycles. The van der Waals surface area contributed by atoms with Gasteiger partial charge in [0.15, 0.2) is 0 Å². The van der Waals surface area contributed by atoms with Crippen molar-refractivity contribution in [1.29, 1.82) is 0 Å². The van der Waals surface area contributed by atoms with Gasteiger partial charge in [-0.15, -0.1) is 0 Å². The normalized spacial score (nSPS) is 14.6. The molecule has 0 bridgehead atoms. The van der Waals surface area contributed by atoms with Crippen molar-refractivity contribution < 1.29 is 0 Å². The van der Waals surface area contributed by atoms with E-state index in [1.807, 2.05) is 28.9 Å². The Balaban J connectivity index is 2.11. The highest BCUT2D eigenvalue weighted by molar-refractivity contribution is 6.30. The summed E-state index contributed by atoms with van der Waals surface area (Å²) in [6, 6.07) is 7.71. The van der Waals surface area contributed by atoms with E-state index in [0.717, 1.165) is 23.6 Å². The van der Waals surface area contributed by atoms with Crippen molar-refractivity contribution in [1.82, 2.24) is 9.78 Å². The Labute approximate surface area is 105 Å². The van der Waals surface area contributed by atoms with Gasteiger partial charge in [-0.05, 0) is 49.9 Å². The Hall–Kier alpha value is -1.48. The van der Waals surface area contributed by atoms with Crippen LogP contribution >= 0.6 is 11.6 Å². The van der Waals surface area contributed by atoms with Gasteiger partial charge in [0.1, 0.15) is 5.82 Å². The van der Waals surface area contributed by atoms with Crippen LogP contribution < -0.4 is 5.73 Å². The summed E-state index contributed by atoms with van der Waals surface area (Å²) in [7, 11) is 0. The molecule has 3 nitrogen and oxygen atoms in total. The van der Waals surface area contributed by atoms with Crippen LogP contribution in [0.1, 0.15) is 24.1 Å². The largest absolute Gasteiger partial charge is 0.382 e. The van der Waals surface area contributed by atoms with Crippen LogP contribution in [0.25, 0.3) is 5.69 Å². The monoisotopic (exact) mass is 247 g/mol. The molecule has 1 heterocycles. The first-order valence-electron chi connectivity index (χ1n) is 5.88. The van der Waals surface area contributed by atoms with E-state index in [4.69, 9.17) is 17.3 Å². The minimum atomic E-state index is 0.676. The number of halogens is 1. The van der Waals surface area contributed by atoms with Crippen molar-refractivity contribution in [2.24, 2.45) is 0 Å². The summed E-state index contributed by atoms with van der Waals surface area (Å²) in [6.07, 6.45) is 4.53. The highest BCUT2D eigenvalue weighted by Gasteiger charge is 2.19. The molecule has 2 N–H and O–H groups in total. The molecule has 0 fully saturated rings. The third kappa shape index (κ3) is 1.80. The van der Waals surface area contributed by atoms with Gasteiger partial charge in [0.2, 0.25) is 0 Å². The molecule has 0 radical (unpaired) electrons. The third-order valence-electron chi connectivity index (χ3n) is 3.28. The van der Waals surface area contributed by atoms with E-state index in [1.54, 1.807) is 0 Å². The first-order valence-corrected chi connectivity index (χ1v) is 6.25. The number of benzene rings is 1. The smallest absolute Gasteiger partial charge is 0.149 e. The molecule has 0 aliphatic heterocycles. The van der Waals surface area contributed by atoms with E-state index in [2.05, 4.69) is 5.10 Å². The Bertz CT molecular complexity index is 543. The number of anilines is 1. The van der Waals surface area contributed by atoms with Gasteiger partial charge >= 0.3 is 0 Å². The summed E-state index contributed by atoms with van der Waals surface area (Å²) >= 11 is 5.89. The fourth-order valence-electron chi connectivity index (χ4n) is 2.42. The molecular weight excluding hydrogens is 234 g/mol. The average molecular weight is 248 g/mol.